The number of hydrogen-bond acceptors (Lipinski definition) is 4. The maximum atomic E-state index is 11.7. The van der Waals surface area contributed by atoms with Gasteiger partial charge in [-0.05, 0) is 18.6 Å². The second kappa shape index (κ2) is 9.47. The number of nitrogens with one attached hydrogen (secondary N) is 2. The molecule has 0 spiro atoms. The Morgan fingerprint density at radius 3 is 2.86 bits per heavy atom. The number of aliphatic hydroxyl groups is 1. The molecule has 118 valence electrons. The number of halogens is 1. The Labute approximate surface area is 130 Å². The van der Waals surface area contributed by atoms with Crippen LogP contribution in [0, 0.1) is 0 Å². The molecule has 1 unspecified atom stereocenters. The monoisotopic (exact) mass is 314 g/mol. The fourth-order valence-corrected chi connectivity index (χ4v) is 1.85. The Balaban J connectivity index is 2.67. The maximum absolute atomic E-state index is 11.7. The topological polar surface area (TPSA) is 70.6 Å². The highest BCUT2D eigenvalue weighted by molar-refractivity contribution is 6.18. The second-order valence-corrected chi connectivity index (χ2v) is 5.06. The van der Waals surface area contributed by atoms with Crippen molar-refractivity contribution in [3.63, 3.8) is 0 Å². The number of carbonyl (C=O) groups excluding carboxylic acids is 1. The van der Waals surface area contributed by atoms with Crippen LogP contribution in [0.1, 0.15) is 26.2 Å². The average Bonchev–Trinajstić information content (AvgIpc) is 2.51. The number of methoxy groups -OCH3 is 1. The first-order chi connectivity index (χ1) is 10.1. The van der Waals surface area contributed by atoms with E-state index in [1.165, 1.54) is 0 Å². The number of amides is 1. The van der Waals surface area contributed by atoms with Crippen LogP contribution < -0.4 is 15.4 Å². The highest BCUT2D eigenvalue weighted by Gasteiger charge is 2.09. The van der Waals surface area contributed by atoms with Crippen molar-refractivity contribution in [3.8, 4) is 5.75 Å². The van der Waals surface area contributed by atoms with E-state index in [9.17, 15) is 9.90 Å². The Morgan fingerprint density at radius 1 is 1.48 bits per heavy atom. The number of rotatable bonds is 9. The van der Waals surface area contributed by atoms with Gasteiger partial charge in [0.2, 0.25) is 5.91 Å². The lowest BCUT2D eigenvalue weighted by molar-refractivity contribution is -0.116. The van der Waals surface area contributed by atoms with Crippen molar-refractivity contribution in [2.24, 2.45) is 0 Å². The number of unbranched alkanes of at least 4 members (excludes halogenated alkanes) is 1. The summed E-state index contributed by atoms with van der Waals surface area (Å²) in [5, 5.41) is 15.3. The van der Waals surface area contributed by atoms with Gasteiger partial charge in [-0.2, -0.15) is 0 Å². The summed E-state index contributed by atoms with van der Waals surface area (Å²) in [6.07, 6.45) is 1.74. The lowest BCUT2D eigenvalue weighted by atomic mass is 10.2. The van der Waals surface area contributed by atoms with Gasteiger partial charge in [-0.1, -0.05) is 13.3 Å². The molecule has 0 radical (unpaired) electrons. The lowest BCUT2D eigenvalue weighted by Crippen LogP contribution is -2.20. The molecule has 0 aliphatic heterocycles. The number of hydrogen-bond donors (Lipinski definition) is 3. The molecule has 0 saturated heterocycles. The van der Waals surface area contributed by atoms with Crippen LogP contribution in [-0.2, 0) is 4.79 Å². The van der Waals surface area contributed by atoms with E-state index in [1.807, 2.05) is 13.0 Å². The zero-order valence-corrected chi connectivity index (χ0v) is 13.2. The zero-order chi connectivity index (χ0) is 15.7. The predicted molar refractivity (Wildman–Crippen MR) is 86.4 cm³/mol. The van der Waals surface area contributed by atoms with E-state index in [0.717, 1.165) is 18.5 Å². The van der Waals surface area contributed by atoms with Gasteiger partial charge in [0.1, 0.15) is 5.75 Å². The first-order valence-corrected chi connectivity index (χ1v) is 7.60. The van der Waals surface area contributed by atoms with Gasteiger partial charge in [0.25, 0.3) is 0 Å². The van der Waals surface area contributed by atoms with Gasteiger partial charge in [0, 0.05) is 24.7 Å². The van der Waals surface area contributed by atoms with Crippen molar-refractivity contribution in [1.29, 1.82) is 0 Å². The normalized spacial score (nSPS) is 11.8. The molecule has 1 atom stereocenters. The molecule has 0 fully saturated rings. The number of alkyl halides is 1. The number of ether oxygens (including phenoxy) is 1. The number of carbonyl (C=O) groups is 1. The van der Waals surface area contributed by atoms with E-state index in [0.29, 0.717) is 24.4 Å². The third kappa shape index (κ3) is 6.23. The molecular formula is C15H23ClN2O3. The van der Waals surface area contributed by atoms with Crippen molar-refractivity contribution in [2.75, 3.05) is 30.2 Å². The molecule has 0 heterocycles. The smallest absolute Gasteiger partial charge is 0.224 e. The van der Waals surface area contributed by atoms with Crippen molar-refractivity contribution >= 4 is 28.9 Å². The van der Waals surface area contributed by atoms with Crippen LogP contribution in [-0.4, -0.2) is 36.7 Å². The molecule has 1 aromatic carbocycles. The van der Waals surface area contributed by atoms with E-state index >= 15 is 0 Å². The number of anilines is 2. The summed E-state index contributed by atoms with van der Waals surface area (Å²) >= 11 is 5.54. The lowest BCUT2D eigenvalue weighted by Gasteiger charge is -2.14. The summed E-state index contributed by atoms with van der Waals surface area (Å²) < 4.78 is 5.28. The molecule has 1 amide bonds. The van der Waals surface area contributed by atoms with E-state index in [-0.39, 0.29) is 11.8 Å². The quantitative estimate of drug-likeness (QED) is 0.613. The molecule has 5 nitrogen and oxygen atoms in total. The summed E-state index contributed by atoms with van der Waals surface area (Å²) in [6, 6.07) is 5.37. The number of benzene rings is 1. The minimum Gasteiger partial charge on any atom is -0.494 e. The molecule has 0 aromatic heterocycles. The van der Waals surface area contributed by atoms with Gasteiger partial charge in [-0.15, -0.1) is 11.6 Å². The van der Waals surface area contributed by atoms with Gasteiger partial charge in [-0.25, -0.2) is 0 Å². The van der Waals surface area contributed by atoms with Gasteiger partial charge >= 0.3 is 0 Å². The van der Waals surface area contributed by atoms with Crippen LogP contribution in [0.15, 0.2) is 18.2 Å². The number of aliphatic hydroxyl groups excluding tert-OH is 1. The molecule has 0 aliphatic rings. The first-order valence-electron chi connectivity index (χ1n) is 7.06. The Morgan fingerprint density at radius 2 is 2.24 bits per heavy atom. The summed E-state index contributed by atoms with van der Waals surface area (Å²) in [7, 11) is 1.55. The zero-order valence-electron chi connectivity index (χ0n) is 12.5. The van der Waals surface area contributed by atoms with E-state index < -0.39 is 6.10 Å². The van der Waals surface area contributed by atoms with Gasteiger partial charge < -0.3 is 20.5 Å². The molecule has 1 rings (SSSR count). The molecule has 0 saturated carbocycles. The van der Waals surface area contributed by atoms with Gasteiger partial charge in [0.05, 0.1) is 24.8 Å². The predicted octanol–water partition coefficient (Wildman–Crippen LogP) is 2.84. The van der Waals surface area contributed by atoms with Crippen LogP contribution >= 0.6 is 11.6 Å². The van der Waals surface area contributed by atoms with Crippen LogP contribution in [0.2, 0.25) is 0 Å². The minimum atomic E-state index is -0.605. The summed E-state index contributed by atoms with van der Waals surface area (Å²) in [4.78, 5) is 11.7. The minimum absolute atomic E-state index is 0.0200. The fourth-order valence-electron chi connectivity index (χ4n) is 1.74. The molecule has 21 heavy (non-hydrogen) atoms. The van der Waals surface area contributed by atoms with Crippen molar-refractivity contribution in [3.05, 3.63) is 18.2 Å². The maximum Gasteiger partial charge on any atom is 0.224 e. The van der Waals surface area contributed by atoms with E-state index in [2.05, 4.69) is 10.6 Å². The molecular weight excluding hydrogens is 292 g/mol. The largest absolute Gasteiger partial charge is 0.494 e. The van der Waals surface area contributed by atoms with Crippen molar-refractivity contribution in [1.82, 2.24) is 0 Å². The summed E-state index contributed by atoms with van der Waals surface area (Å²) in [6.45, 7) is 2.40. The highest BCUT2D eigenvalue weighted by Crippen LogP contribution is 2.28. The molecule has 0 aliphatic carbocycles. The van der Waals surface area contributed by atoms with E-state index in [4.69, 9.17) is 16.3 Å². The summed E-state index contributed by atoms with van der Waals surface area (Å²) in [5.74, 6) is 0.731. The standard InChI is InChI=1S/C15H23ClN2O3/c1-3-4-5-15(20)18-13-7-6-11(8-14(13)21-2)17-10-12(19)9-16/h6-8,12,17,19H,3-5,9-10H2,1-2H3,(H,18,20). The van der Waals surface area contributed by atoms with Crippen molar-refractivity contribution < 1.29 is 14.6 Å². The Kier molecular flexibility index (Phi) is 7.93. The van der Waals surface area contributed by atoms with Gasteiger partial charge in [-0.3, -0.25) is 4.79 Å². The molecule has 1 aromatic rings. The second-order valence-electron chi connectivity index (χ2n) is 4.76. The first kappa shape index (κ1) is 17.6. The molecule has 0 bridgehead atoms. The Bertz CT molecular complexity index is 455. The third-order valence-electron chi connectivity index (χ3n) is 2.95. The van der Waals surface area contributed by atoms with Gasteiger partial charge in [0.15, 0.2) is 0 Å². The summed E-state index contributed by atoms with van der Waals surface area (Å²) in [5.41, 5.74) is 1.43. The van der Waals surface area contributed by atoms with Crippen LogP contribution in [0.5, 0.6) is 5.75 Å². The fraction of sp³-hybridized carbons (Fsp3) is 0.533. The highest BCUT2D eigenvalue weighted by atomic mass is 35.5. The third-order valence-corrected chi connectivity index (χ3v) is 3.31. The average molecular weight is 315 g/mol. The van der Waals surface area contributed by atoms with Crippen LogP contribution in [0.25, 0.3) is 0 Å². The molecule has 3 N–H and O–H groups in total. The SMILES string of the molecule is CCCCC(=O)Nc1ccc(NCC(O)CCl)cc1OC. The van der Waals surface area contributed by atoms with Crippen molar-refractivity contribution in [2.45, 2.75) is 32.3 Å². The van der Waals surface area contributed by atoms with Crippen LogP contribution in [0.4, 0.5) is 11.4 Å². The molecule has 6 heteroatoms. The van der Waals surface area contributed by atoms with E-state index in [1.54, 1.807) is 19.2 Å². The Hall–Kier alpha value is -1.46. The van der Waals surface area contributed by atoms with Crippen LogP contribution in [0.3, 0.4) is 0 Å².